The number of rotatable bonds is 5. The maximum Gasteiger partial charge on any atom is 0.222 e. The Balaban J connectivity index is 4.39. The molecule has 1 unspecified atom stereocenters. The first-order valence-corrected chi connectivity index (χ1v) is 4.68. The standard InChI is InChI=1S/C12H19NO/c1-6-8-11(7-2)10(3)9-12(14)13(4)5/h6-8,10H,1-2,9H2,3-5H3/b11-8+. The van der Waals surface area contributed by atoms with E-state index in [0.29, 0.717) is 6.42 Å². The third kappa shape index (κ3) is 4.08. The van der Waals surface area contributed by atoms with Crippen molar-refractivity contribution in [2.24, 2.45) is 5.92 Å². The highest BCUT2D eigenvalue weighted by molar-refractivity contribution is 5.76. The van der Waals surface area contributed by atoms with E-state index in [4.69, 9.17) is 0 Å². The molecule has 0 aromatic rings. The van der Waals surface area contributed by atoms with Gasteiger partial charge in [-0.05, 0) is 11.5 Å². The van der Waals surface area contributed by atoms with Gasteiger partial charge >= 0.3 is 0 Å². The molecule has 0 aliphatic carbocycles. The van der Waals surface area contributed by atoms with Crippen molar-refractivity contribution in [3.63, 3.8) is 0 Å². The highest BCUT2D eigenvalue weighted by atomic mass is 16.2. The summed E-state index contributed by atoms with van der Waals surface area (Å²) in [4.78, 5) is 13.0. The van der Waals surface area contributed by atoms with Gasteiger partial charge in [0, 0.05) is 20.5 Å². The first-order valence-electron chi connectivity index (χ1n) is 4.68. The Morgan fingerprint density at radius 3 is 2.36 bits per heavy atom. The topological polar surface area (TPSA) is 20.3 Å². The van der Waals surface area contributed by atoms with Crippen LogP contribution in [0.4, 0.5) is 0 Å². The lowest BCUT2D eigenvalue weighted by atomic mass is 9.96. The second-order valence-corrected chi connectivity index (χ2v) is 3.50. The molecule has 2 nitrogen and oxygen atoms in total. The van der Waals surface area contributed by atoms with Gasteiger partial charge in [0.25, 0.3) is 0 Å². The van der Waals surface area contributed by atoms with E-state index in [1.54, 1.807) is 31.1 Å². The molecule has 0 spiro atoms. The number of hydrogen-bond acceptors (Lipinski definition) is 1. The van der Waals surface area contributed by atoms with Gasteiger partial charge in [0.2, 0.25) is 5.91 Å². The molecule has 0 fully saturated rings. The zero-order valence-electron chi connectivity index (χ0n) is 9.29. The fraction of sp³-hybridized carbons (Fsp3) is 0.417. The summed E-state index contributed by atoms with van der Waals surface area (Å²) in [7, 11) is 3.53. The van der Waals surface area contributed by atoms with Crippen LogP contribution in [0.5, 0.6) is 0 Å². The first kappa shape index (κ1) is 12.7. The predicted molar refractivity (Wildman–Crippen MR) is 61.0 cm³/mol. The molecule has 0 N–H and O–H groups in total. The molecule has 1 atom stereocenters. The van der Waals surface area contributed by atoms with Crippen LogP contribution in [0.25, 0.3) is 0 Å². The fourth-order valence-corrected chi connectivity index (χ4v) is 1.13. The Morgan fingerprint density at radius 1 is 1.43 bits per heavy atom. The fourth-order valence-electron chi connectivity index (χ4n) is 1.13. The molecule has 0 saturated heterocycles. The molecule has 0 aromatic carbocycles. The molecule has 78 valence electrons. The summed E-state index contributed by atoms with van der Waals surface area (Å²) in [5.41, 5.74) is 1.05. The molecule has 1 amide bonds. The van der Waals surface area contributed by atoms with Gasteiger partial charge in [-0.15, -0.1) is 0 Å². The summed E-state index contributed by atoms with van der Waals surface area (Å²) >= 11 is 0. The summed E-state index contributed by atoms with van der Waals surface area (Å²) in [5, 5.41) is 0. The molecule has 0 rings (SSSR count). The average Bonchev–Trinajstić information content (AvgIpc) is 2.13. The summed E-state index contributed by atoms with van der Waals surface area (Å²) in [6, 6.07) is 0. The van der Waals surface area contributed by atoms with Crippen molar-refractivity contribution in [2.75, 3.05) is 14.1 Å². The smallest absolute Gasteiger partial charge is 0.222 e. The van der Waals surface area contributed by atoms with Crippen LogP contribution in [0.3, 0.4) is 0 Å². The SMILES string of the molecule is C=C/C=C(\C=C)C(C)CC(=O)N(C)C. The van der Waals surface area contributed by atoms with Crippen molar-refractivity contribution in [3.8, 4) is 0 Å². The number of amides is 1. The lowest BCUT2D eigenvalue weighted by Gasteiger charge is -2.15. The van der Waals surface area contributed by atoms with E-state index >= 15 is 0 Å². The van der Waals surface area contributed by atoms with Crippen LogP contribution >= 0.6 is 0 Å². The summed E-state index contributed by atoms with van der Waals surface area (Å²) in [5.74, 6) is 0.328. The van der Waals surface area contributed by atoms with Crippen LogP contribution in [0.1, 0.15) is 13.3 Å². The van der Waals surface area contributed by atoms with Gasteiger partial charge < -0.3 is 4.90 Å². The minimum atomic E-state index is 0.134. The molecule has 0 saturated carbocycles. The summed E-state index contributed by atoms with van der Waals surface area (Å²) in [6.07, 6.45) is 5.89. The number of carbonyl (C=O) groups is 1. The molecule has 14 heavy (non-hydrogen) atoms. The summed E-state index contributed by atoms with van der Waals surface area (Å²) in [6.45, 7) is 9.35. The van der Waals surface area contributed by atoms with E-state index in [1.807, 2.05) is 13.0 Å². The van der Waals surface area contributed by atoms with Crippen molar-refractivity contribution < 1.29 is 4.79 Å². The van der Waals surface area contributed by atoms with Gasteiger partial charge in [0.1, 0.15) is 0 Å². The molecule has 2 heteroatoms. The summed E-state index contributed by atoms with van der Waals surface area (Å²) < 4.78 is 0. The highest BCUT2D eigenvalue weighted by Gasteiger charge is 2.12. The molecule has 0 heterocycles. The largest absolute Gasteiger partial charge is 0.349 e. The number of nitrogens with zero attached hydrogens (tertiary/aromatic N) is 1. The van der Waals surface area contributed by atoms with Crippen LogP contribution in [0, 0.1) is 5.92 Å². The minimum Gasteiger partial charge on any atom is -0.349 e. The number of hydrogen-bond donors (Lipinski definition) is 0. The van der Waals surface area contributed by atoms with Gasteiger partial charge in [-0.1, -0.05) is 38.3 Å². The maximum atomic E-state index is 11.4. The minimum absolute atomic E-state index is 0.134. The molecule has 0 aliphatic rings. The van der Waals surface area contributed by atoms with Crippen LogP contribution in [-0.4, -0.2) is 24.9 Å². The zero-order chi connectivity index (χ0) is 11.1. The lowest BCUT2D eigenvalue weighted by Crippen LogP contribution is -2.23. The van der Waals surface area contributed by atoms with Gasteiger partial charge in [-0.25, -0.2) is 0 Å². The highest BCUT2D eigenvalue weighted by Crippen LogP contribution is 2.16. The van der Waals surface area contributed by atoms with Gasteiger partial charge in [0.15, 0.2) is 0 Å². The third-order valence-electron chi connectivity index (χ3n) is 2.09. The number of allylic oxidation sites excluding steroid dienone is 4. The third-order valence-corrected chi connectivity index (χ3v) is 2.09. The van der Waals surface area contributed by atoms with E-state index in [1.165, 1.54) is 0 Å². The van der Waals surface area contributed by atoms with Crippen LogP contribution in [0.2, 0.25) is 0 Å². The quantitative estimate of drug-likeness (QED) is 0.614. The lowest BCUT2D eigenvalue weighted by molar-refractivity contribution is -0.129. The van der Waals surface area contributed by atoms with E-state index in [9.17, 15) is 4.79 Å². The maximum absolute atomic E-state index is 11.4. The molecular weight excluding hydrogens is 174 g/mol. The molecular formula is C12H19NO. The average molecular weight is 193 g/mol. The normalized spacial score (nSPS) is 13.2. The second-order valence-electron chi connectivity index (χ2n) is 3.50. The monoisotopic (exact) mass is 193 g/mol. The van der Waals surface area contributed by atoms with Crippen LogP contribution < -0.4 is 0 Å². The van der Waals surface area contributed by atoms with Crippen molar-refractivity contribution >= 4 is 5.91 Å². The van der Waals surface area contributed by atoms with Crippen molar-refractivity contribution in [1.82, 2.24) is 4.90 Å². The zero-order valence-corrected chi connectivity index (χ0v) is 9.29. The van der Waals surface area contributed by atoms with Crippen molar-refractivity contribution in [3.05, 3.63) is 37.0 Å². The molecule has 0 aromatic heterocycles. The van der Waals surface area contributed by atoms with Crippen molar-refractivity contribution in [1.29, 1.82) is 0 Å². The van der Waals surface area contributed by atoms with E-state index in [-0.39, 0.29) is 11.8 Å². The van der Waals surface area contributed by atoms with E-state index in [2.05, 4.69) is 13.2 Å². The first-order chi connectivity index (χ1) is 6.52. The van der Waals surface area contributed by atoms with E-state index in [0.717, 1.165) is 5.57 Å². The Morgan fingerprint density at radius 2 is 2.00 bits per heavy atom. The van der Waals surface area contributed by atoms with E-state index < -0.39 is 0 Å². The Kier molecular flexibility index (Phi) is 5.61. The van der Waals surface area contributed by atoms with Gasteiger partial charge in [0.05, 0.1) is 0 Å². The molecule has 0 aliphatic heterocycles. The van der Waals surface area contributed by atoms with Gasteiger partial charge in [-0.3, -0.25) is 4.79 Å². The van der Waals surface area contributed by atoms with Crippen molar-refractivity contribution in [2.45, 2.75) is 13.3 Å². The predicted octanol–water partition coefficient (Wildman–Crippen LogP) is 2.40. The Hall–Kier alpha value is -1.31. The van der Waals surface area contributed by atoms with Crippen LogP contribution in [0.15, 0.2) is 37.0 Å². The molecule has 0 bridgehead atoms. The molecule has 0 radical (unpaired) electrons. The van der Waals surface area contributed by atoms with Crippen LogP contribution in [-0.2, 0) is 4.79 Å². The second kappa shape index (κ2) is 6.19. The van der Waals surface area contributed by atoms with Gasteiger partial charge in [-0.2, -0.15) is 0 Å². The Bertz CT molecular complexity index is 251. The Labute approximate surface area is 86.6 Å². The number of carbonyl (C=O) groups excluding carboxylic acids is 1.